The van der Waals surface area contributed by atoms with Crippen molar-refractivity contribution in [1.29, 1.82) is 0 Å². The Morgan fingerprint density at radius 3 is 2.52 bits per heavy atom. The third-order valence-corrected chi connectivity index (χ3v) is 6.50. The molecule has 1 heterocycles. The van der Waals surface area contributed by atoms with Gasteiger partial charge >= 0.3 is 5.97 Å². The first-order valence-corrected chi connectivity index (χ1v) is 9.22. The van der Waals surface area contributed by atoms with Gasteiger partial charge in [0.25, 0.3) is 0 Å². The molecule has 2 fully saturated rings. The minimum absolute atomic E-state index is 0.0371. The van der Waals surface area contributed by atoms with Crippen LogP contribution >= 0.6 is 0 Å². The molecule has 0 aromatic rings. The largest absolute Gasteiger partial charge is 0.458 e. The molecule has 3 rings (SSSR count). The molecule has 3 aliphatic rings. The highest BCUT2D eigenvalue weighted by molar-refractivity contribution is 5.90. The first-order chi connectivity index (χ1) is 10.8. The normalized spacial score (nSPS) is 42.1. The Morgan fingerprint density at radius 1 is 1.09 bits per heavy atom. The van der Waals surface area contributed by atoms with Gasteiger partial charge < -0.3 is 4.74 Å². The van der Waals surface area contributed by atoms with Gasteiger partial charge in [0.2, 0.25) is 0 Å². The summed E-state index contributed by atoms with van der Waals surface area (Å²) in [5, 5.41) is 0. The van der Waals surface area contributed by atoms with E-state index < -0.39 is 0 Å². The summed E-state index contributed by atoms with van der Waals surface area (Å²) in [6.45, 7) is 8.64. The molecule has 5 atom stereocenters. The summed E-state index contributed by atoms with van der Waals surface area (Å²) in [6.07, 6.45) is 6.53. The molecule has 0 aromatic heterocycles. The molecule has 2 aliphatic carbocycles. The van der Waals surface area contributed by atoms with Crippen molar-refractivity contribution in [1.82, 2.24) is 0 Å². The SMILES string of the molecule is CC1=C2CC[C@@]3(C)CC[C@H](C)CC(=O)C[C@H](C)C[C@H](OC1=O)[C@H]23. The summed E-state index contributed by atoms with van der Waals surface area (Å²) in [4.78, 5) is 24.5. The number of hydrogen-bond acceptors (Lipinski definition) is 3. The summed E-state index contributed by atoms with van der Waals surface area (Å²) in [5.74, 6) is 1.35. The van der Waals surface area contributed by atoms with Gasteiger partial charge in [-0.15, -0.1) is 0 Å². The summed E-state index contributed by atoms with van der Waals surface area (Å²) in [5.41, 5.74) is 2.41. The van der Waals surface area contributed by atoms with E-state index in [1.807, 2.05) is 6.92 Å². The van der Waals surface area contributed by atoms with Gasteiger partial charge in [-0.3, -0.25) is 4.79 Å². The first-order valence-electron chi connectivity index (χ1n) is 9.22. The van der Waals surface area contributed by atoms with Crippen molar-refractivity contribution in [2.45, 2.75) is 78.7 Å². The second-order valence-corrected chi connectivity index (χ2v) is 8.66. The minimum Gasteiger partial charge on any atom is -0.458 e. The Balaban J connectivity index is 1.96. The van der Waals surface area contributed by atoms with Crippen molar-refractivity contribution in [3.63, 3.8) is 0 Å². The fraction of sp³-hybridized carbons (Fsp3) is 0.800. The van der Waals surface area contributed by atoms with Crippen LogP contribution in [0.2, 0.25) is 0 Å². The number of ether oxygens (including phenoxy) is 1. The molecular formula is C20H30O3. The fourth-order valence-corrected chi connectivity index (χ4v) is 5.15. The molecular weight excluding hydrogens is 288 g/mol. The van der Waals surface area contributed by atoms with Crippen molar-refractivity contribution in [3.8, 4) is 0 Å². The summed E-state index contributed by atoms with van der Waals surface area (Å²) < 4.78 is 5.85. The molecule has 0 spiro atoms. The van der Waals surface area contributed by atoms with Crippen LogP contribution in [-0.4, -0.2) is 17.9 Å². The molecule has 3 nitrogen and oxygen atoms in total. The maximum atomic E-state index is 12.2. The monoisotopic (exact) mass is 318 g/mol. The minimum atomic E-state index is -0.132. The van der Waals surface area contributed by atoms with Crippen LogP contribution in [0, 0.1) is 23.2 Å². The van der Waals surface area contributed by atoms with E-state index in [4.69, 9.17) is 4.74 Å². The third kappa shape index (κ3) is 3.12. The molecule has 0 saturated heterocycles. The first kappa shape index (κ1) is 16.7. The summed E-state index contributed by atoms with van der Waals surface area (Å²) >= 11 is 0. The van der Waals surface area contributed by atoms with E-state index in [1.165, 1.54) is 5.57 Å². The lowest BCUT2D eigenvalue weighted by atomic mass is 9.69. The van der Waals surface area contributed by atoms with Gasteiger partial charge in [0.1, 0.15) is 11.9 Å². The number of carbonyl (C=O) groups is 2. The van der Waals surface area contributed by atoms with Crippen LogP contribution in [0.1, 0.15) is 72.6 Å². The summed E-state index contributed by atoms with van der Waals surface area (Å²) in [6, 6.07) is 0. The van der Waals surface area contributed by atoms with Gasteiger partial charge in [0.15, 0.2) is 0 Å². The van der Waals surface area contributed by atoms with Gasteiger partial charge in [-0.25, -0.2) is 4.79 Å². The van der Waals surface area contributed by atoms with Crippen LogP contribution in [0.15, 0.2) is 11.1 Å². The molecule has 0 N–H and O–H groups in total. The number of esters is 1. The van der Waals surface area contributed by atoms with Gasteiger partial charge in [-0.2, -0.15) is 0 Å². The van der Waals surface area contributed by atoms with Crippen molar-refractivity contribution < 1.29 is 14.3 Å². The highest BCUT2D eigenvalue weighted by atomic mass is 16.5. The van der Waals surface area contributed by atoms with E-state index in [0.29, 0.717) is 30.5 Å². The Bertz CT molecular complexity index is 547. The van der Waals surface area contributed by atoms with Crippen LogP contribution in [0.25, 0.3) is 0 Å². The van der Waals surface area contributed by atoms with E-state index in [1.54, 1.807) is 0 Å². The van der Waals surface area contributed by atoms with Crippen LogP contribution in [-0.2, 0) is 14.3 Å². The average molecular weight is 318 g/mol. The van der Waals surface area contributed by atoms with Crippen molar-refractivity contribution >= 4 is 11.8 Å². The van der Waals surface area contributed by atoms with Gasteiger partial charge in [-0.05, 0) is 56.3 Å². The molecule has 1 aliphatic heterocycles. The van der Waals surface area contributed by atoms with Crippen molar-refractivity contribution in [2.75, 3.05) is 0 Å². The number of Topliss-reactive ketones (excluding diaryl/α,β-unsaturated/α-hetero) is 1. The number of hydrogen-bond donors (Lipinski definition) is 0. The molecule has 2 saturated carbocycles. The predicted molar refractivity (Wildman–Crippen MR) is 89.8 cm³/mol. The lowest BCUT2D eigenvalue weighted by Crippen LogP contribution is -2.41. The van der Waals surface area contributed by atoms with E-state index in [9.17, 15) is 9.59 Å². The van der Waals surface area contributed by atoms with Crippen molar-refractivity contribution in [3.05, 3.63) is 11.1 Å². The smallest absolute Gasteiger partial charge is 0.333 e. The predicted octanol–water partition coefficient (Wildman–Crippen LogP) is 4.45. The third-order valence-electron chi connectivity index (χ3n) is 6.50. The van der Waals surface area contributed by atoms with Crippen LogP contribution in [0.3, 0.4) is 0 Å². The standard InChI is InChI=1S/C20H30O3/c1-12-5-7-20(4)8-6-16-14(3)19(22)23-17(18(16)20)11-13(2)10-15(21)9-12/h12-13,17-18H,5-11H2,1-4H3/t12-,13-,17-,18-,20+/m0/s1. The molecule has 0 unspecified atom stereocenters. The van der Waals surface area contributed by atoms with E-state index >= 15 is 0 Å². The topological polar surface area (TPSA) is 43.4 Å². The van der Waals surface area contributed by atoms with Crippen molar-refractivity contribution in [2.24, 2.45) is 23.2 Å². The lowest BCUT2D eigenvalue weighted by Gasteiger charge is -2.41. The Labute approximate surface area is 139 Å². The van der Waals surface area contributed by atoms with E-state index in [0.717, 1.165) is 37.7 Å². The zero-order valence-electron chi connectivity index (χ0n) is 15.0. The van der Waals surface area contributed by atoms with E-state index in [-0.39, 0.29) is 23.4 Å². The fourth-order valence-electron chi connectivity index (χ4n) is 5.15. The molecule has 128 valence electrons. The van der Waals surface area contributed by atoms with Gasteiger partial charge in [0, 0.05) is 24.3 Å². The Kier molecular flexibility index (Phi) is 4.41. The second kappa shape index (κ2) is 6.07. The van der Waals surface area contributed by atoms with Crippen LogP contribution in [0.5, 0.6) is 0 Å². The Morgan fingerprint density at radius 2 is 1.78 bits per heavy atom. The maximum Gasteiger partial charge on any atom is 0.333 e. The quantitative estimate of drug-likeness (QED) is 0.620. The molecule has 0 amide bonds. The molecule has 0 radical (unpaired) electrons. The number of ketones is 1. The highest BCUT2D eigenvalue weighted by Gasteiger charge is 2.51. The molecule has 0 bridgehead atoms. The zero-order chi connectivity index (χ0) is 16.8. The zero-order valence-corrected chi connectivity index (χ0v) is 15.0. The Hall–Kier alpha value is -1.12. The molecule has 3 heteroatoms. The average Bonchev–Trinajstić information content (AvgIpc) is 2.80. The second-order valence-electron chi connectivity index (χ2n) is 8.66. The summed E-state index contributed by atoms with van der Waals surface area (Å²) in [7, 11) is 0. The van der Waals surface area contributed by atoms with E-state index in [2.05, 4.69) is 20.8 Å². The number of carbonyl (C=O) groups excluding carboxylic acids is 2. The van der Waals surface area contributed by atoms with Gasteiger partial charge in [-0.1, -0.05) is 26.3 Å². The van der Waals surface area contributed by atoms with Crippen LogP contribution < -0.4 is 0 Å². The lowest BCUT2D eigenvalue weighted by molar-refractivity contribution is -0.152. The van der Waals surface area contributed by atoms with Crippen LogP contribution in [0.4, 0.5) is 0 Å². The molecule has 23 heavy (non-hydrogen) atoms. The van der Waals surface area contributed by atoms with Gasteiger partial charge in [0.05, 0.1) is 0 Å². The highest BCUT2D eigenvalue weighted by Crippen LogP contribution is 2.55. The number of rotatable bonds is 0. The molecule has 0 aromatic carbocycles. The maximum absolute atomic E-state index is 12.2.